The van der Waals surface area contributed by atoms with Crippen LogP contribution in [-0.4, -0.2) is 46.1 Å². The fourth-order valence-electron chi connectivity index (χ4n) is 3.50. The number of hydrogen-bond donors (Lipinski definition) is 1. The molecule has 2 saturated heterocycles. The van der Waals surface area contributed by atoms with Gasteiger partial charge in [0, 0.05) is 19.2 Å². The molecule has 0 aromatic carbocycles. The molecular weight excluding hydrogens is 266 g/mol. The van der Waals surface area contributed by atoms with E-state index >= 15 is 0 Å². The van der Waals surface area contributed by atoms with Crippen LogP contribution in [0.25, 0.3) is 6.08 Å². The second-order valence-corrected chi connectivity index (χ2v) is 6.89. The molecule has 0 unspecified atom stereocenters. The number of carbonyl (C=O) groups is 1. The number of amides is 1. The zero-order valence-corrected chi connectivity index (χ0v) is 12.8. The van der Waals surface area contributed by atoms with Gasteiger partial charge in [0.2, 0.25) is 5.91 Å². The Morgan fingerprint density at radius 3 is 2.76 bits per heavy atom. The molecule has 2 aliphatic rings. The molecule has 3 rings (SSSR count). The number of likely N-dealkylation sites (tertiary alicyclic amines) is 1. The molecule has 1 aromatic heterocycles. The van der Waals surface area contributed by atoms with Crippen LogP contribution in [0.3, 0.4) is 0 Å². The van der Waals surface area contributed by atoms with Gasteiger partial charge >= 0.3 is 0 Å². The van der Waals surface area contributed by atoms with Gasteiger partial charge in [-0.3, -0.25) is 4.79 Å². The van der Waals surface area contributed by atoms with Gasteiger partial charge in [-0.1, -0.05) is 0 Å². The van der Waals surface area contributed by atoms with Gasteiger partial charge in [-0.05, 0) is 44.6 Å². The average molecular weight is 289 g/mol. The minimum atomic E-state index is -0.00724. The van der Waals surface area contributed by atoms with Crippen molar-refractivity contribution in [2.75, 3.05) is 19.7 Å². The summed E-state index contributed by atoms with van der Waals surface area (Å²) in [6.07, 6.45) is 9.90. The Morgan fingerprint density at radius 1 is 1.43 bits per heavy atom. The van der Waals surface area contributed by atoms with Crippen LogP contribution in [0.4, 0.5) is 0 Å². The summed E-state index contributed by atoms with van der Waals surface area (Å²) in [7, 11) is 0. The monoisotopic (exact) mass is 289 g/mol. The third kappa shape index (κ3) is 3.18. The van der Waals surface area contributed by atoms with E-state index in [4.69, 9.17) is 4.74 Å². The predicted octanol–water partition coefficient (Wildman–Crippen LogP) is 2.23. The Hall–Kier alpha value is -1.62. The number of H-pyrrole nitrogens is 1. The Bertz CT molecular complexity index is 526. The Morgan fingerprint density at radius 2 is 2.19 bits per heavy atom. The van der Waals surface area contributed by atoms with Crippen LogP contribution in [-0.2, 0) is 9.53 Å². The molecule has 2 fully saturated rings. The lowest BCUT2D eigenvalue weighted by Crippen LogP contribution is -2.43. The lowest BCUT2D eigenvalue weighted by molar-refractivity contribution is -0.128. The maximum atomic E-state index is 12.2. The van der Waals surface area contributed by atoms with Gasteiger partial charge < -0.3 is 14.6 Å². The van der Waals surface area contributed by atoms with Crippen LogP contribution in [0.5, 0.6) is 0 Å². The van der Waals surface area contributed by atoms with Crippen LogP contribution >= 0.6 is 0 Å². The number of aromatic nitrogens is 2. The summed E-state index contributed by atoms with van der Waals surface area (Å²) in [6, 6.07) is 0. The largest absolute Gasteiger partial charge is 0.375 e. The summed E-state index contributed by atoms with van der Waals surface area (Å²) >= 11 is 0. The maximum absolute atomic E-state index is 12.2. The first-order valence-corrected chi connectivity index (χ1v) is 7.58. The summed E-state index contributed by atoms with van der Waals surface area (Å²) in [6.45, 7) is 6.81. The fourth-order valence-corrected chi connectivity index (χ4v) is 3.50. The highest BCUT2D eigenvalue weighted by Gasteiger charge is 2.46. The SMILES string of the molecule is CC1(C)CC2(CCN(C(=O)/C=C/c3cnc[nH]3)CC2)CO1. The molecule has 2 aliphatic heterocycles. The summed E-state index contributed by atoms with van der Waals surface area (Å²) in [5, 5.41) is 0. The third-order valence-electron chi connectivity index (χ3n) is 4.63. The van der Waals surface area contributed by atoms with Crippen molar-refractivity contribution >= 4 is 12.0 Å². The van der Waals surface area contributed by atoms with E-state index in [1.54, 1.807) is 24.7 Å². The number of hydrogen-bond acceptors (Lipinski definition) is 3. The van der Waals surface area contributed by atoms with E-state index in [0.717, 1.165) is 44.7 Å². The normalized spacial score (nSPS) is 24.0. The third-order valence-corrected chi connectivity index (χ3v) is 4.63. The molecule has 0 atom stereocenters. The first-order valence-electron chi connectivity index (χ1n) is 7.58. The number of piperidine rings is 1. The molecule has 1 spiro atoms. The molecule has 5 nitrogen and oxygen atoms in total. The van der Waals surface area contributed by atoms with Crippen LogP contribution in [0.15, 0.2) is 18.6 Å². The fraction of sp³-hybridized carbons (Fsp3) is 0.625. The summed E-state index contributed by atoms with van der Waals surface area (Å²) in [4.78, 5) is 21.0. The summed E-state index contributed by atoms with van der Waals surface area (Å²) < 4.78 is 5.90. The highest BCUT2D eigenvalue weighted by atomic mass is 16.5. The molecular formula is C16H23N3O2. The molecule has 0 radical (unpaired) electrons. The van der Waals surface area contributed by atoms with Gasteiger partial charge in [0.1, 0.15) is 0 Å². The lowest BCUT2D eigenvalue weighted by Gasteiger charge is -2.38. The van der Waals surface area contributed by atoms with Crippen molar-refractivity contribution in [3.8, 4) is 0 Å². The molecule has 114 valence electrons. The van der Waals surface area contributed by atoms with Crippen LogP contribution in [0.1, 0.15) is 38.8 Å². The van der Waals surface area contributed by atoms with Crippen molar-refractivity contribution in [2.45, 2.75) is 38.7 Å². The van der Waals surface area contributed by atoms with Crippen molar-refractivity contribution in [3.05, 3.63) is 24.3 Å². The van der Waals surface area contributed by atoms with E-state index in [2.05, 4.69) is 23.8 Å². The Balaban J connectivity index is 1.55. The van der Waals surface area contributed by atoms with E-state index in [1.165, 1.54) is 0 Å². The van der Waals surface area contributed by atoms with Gasteiger partial charge in [-0.15, -0.1) is 0 Å². The number of aromatic amines is 1. The molecule has 21 heavy (non-hydrogen) atoms. The molecule has 1 amide bonds. The number of carbonyl (C=O) groups excluding carboxylic acids is 1. The topological polar surface area (TPSA) is 58.2 Å². The van der Waals surface area contributed by atoms with Crippen molar-refractivity contribution < 1.29 is 9.53 Å². The summed E-state index contributed by atoms with van der Waals surface area (Å²) in [5.74, 6) is 0.0811. The summed E-state index contributed by atoms with van der Waals surface area (Å²) in [5.41, 5.74) is 1.13. The number of ether oxygens (including phenoxy) is 1. The van der Waals surface area contributed by atoms with Crippen molar-refractivity contribution in [1.82, 2.24) is 14.9 Å². The van der Waals surface area contributed by atoms with E-state index in [-0.39, 0.29) is 16.9 Å². The molecule has 0 saturated carbocycles. The van der Waals surface area contributed by atoms with Gasteiger partial charge in [0.25, 0.3) is 0 Å². The minimum absolute atomic E-state index is 0.00724. The highest BCUT2D eigenvalue weighted by Crippen LogP contribution is 2.46. The highest BCUT2D eigenvalue weighted by molar-refractivity contribution is 5.91. The molecule has 5 heteroatoms. The average Bonchev–Trinajstić information content (AvgIpc) is 3.05. The predicted molar refractivity (Wildman–Crippen MR) is 80.5 cm³/mol. The van der Waals surface area contributed by atoms with Crippen LogP contribution in [0, 0.1) is 5.41 Å². The van der Waals surface area contributed by atoms with Gasteiger partial charge in [-0.2, -0.15) is 0 Å². The van der Waals surface area contributed by atoms with Gasteiger partial charge in [0.15, 0.2) is 0 Å². The maximum Gasteiger partial charge on any atom is 0.246 e. The van der Waals surface area contributed by atoms with Crippen LogP contribution in [0.2, 0.25) is 0 Å². The Kier molecular flexibility index (Phi) is 3.61. The van der Waals surface area contributed by atoms with Crippen molar-refractivity contribution in [2.24, 2.45) is 5.41 Å². The first-order chi connectivity index (χ1) is 9.98. The van der Waals surface area contributed by atoms with E-state index in [9.17, 15) is 4.79 Å². The Labute approximate surface area is 125 Å². The molecule has 1 aromatic rings. The minimum Gasteiger partial charge on any atom is -0.375 e. The quantitative estimate of drug-likeness (QED) is 0.849. The smallest absolute Gasteiger partial charge is 0.246 e. The van der Waals surface area contributed by atoms with Gasteiger partial charge in [-0.25, -0.2) is 4.98 Å². The number of rotatable bonds is 2. The second kappa shape index (κ2) is 5.30. The number of imidazole rings is 1. The molecule has 1 N–H and O–H groups in total. The molecule has 0 bridgehead atoms. The zero-order valence-electron chi connectivity index (χ0n) is 12.8. The van der Waals surface area contributed by atoms with Crippen molar-refractivity contribution in [3.63, 3.8) is 0 Å². The van der Waals surface area contributed by atoms with Crippen molar-refractivity contribution in [1.29, 1.82) is 0 Å². The zero-order chi connectivity index (χ0) is 14.9. The van der Waals surface area contributed by atoms with E-state index in [0.29, 0.717) is 0 Å². The second-order valence-electron chi connectivity index (χ2n) is 6.89. The molecule has 0 aliphatic carbocycles. The molecule has 3 heterocycles. The number of nitrogens with zero attached hydrogens (tertiary/aromatic N) is 2. The first kappa shape index (κ1) is 14.3. The van der Waals surface area contributed by atoms with E-state index < -0.39 is 0 Å². The lowest BCUT2D eigenvalue weighted by atomic mass is 9.74. The standard InChI is InChI=1S/C16H23N3O2/c1-15(2)10-16(11-21-15)5-7-19(8-6-16)14(20)4-3-13-9-17-12-18-13/h3-4,9,12H,5-8,10-11H2,1-2H3,(H,17,18)/b4-3+. The van der Waals surface area contributed by atoms with E-state index in [1.807, 2.05) is 4.90 Å². The van der Waals surface area contributed by atoms with Crippen LogP contribution < -0.4 is 0 Å². The van der Waals surface area contributed by atoms with Gasteiger partial charge in [0.05, 0.1) is 30.4 Å². The number of nitrogens with one attached hydrogen (secondary N) is 1.